The molecule has 7 nitrogen and oxygen atoms in total. The van der Waals surface area contributed by atoms with E-state index in [4.69, 9.17) is 9.47 Å². The Morgan fingerprint density at radius 2 is 1.96 bits per heavy atom. The lowest BCUT2D eigenvalue weighted by Crippen LogP contribution is -2.64. The molecular formula is C17H21NO6. The summed E-state index contributed by atoms with van der Waals surface area (Å²) in [4.78, 5) is 36.1. The standard InChI is InChI=1S/C17H21NO6/c1-4-24-16(20)17(18(21)22)14(9-13(19)10-15(17)23-3)12-7-5-11(2)6-8-12/h5-8,14-15H,4,9-10H2,1-3H3. The van der Waals surface area contributed by atoms with E-state index in [9.17, 15) is 19.7 Å². The fourth-order valence-corrected chi connectivity index (χ4v) is 3.33. The monoisotopic (exact) mass is 335 g/mol. The van der Waals surface area contributed by atoms with Crippen molar-refractivity contribution in [3.05, 3.63) is 45.5 Å². The van der Waals surface area contributed by atoms with Crippen LogP contribution in [0.3, 0.4) is 0 Å². The predicted octanol–water partition coefficient (Wildman–Crippen LogP) is 2.04. The number of aryl methyl sites for hydroxylation is 1. The van der Waals surface area contributed by atoms with E-state index in [0.717, 1.165) is 5.56 Å². The highest BCUT2D eigenvalue weighted by Gasteiger charge is 2.68. The molecular weight excluding hydrogens is 314 g/mol. The molecule has 24 heavy (non-hydrogen) atoms. The van der Waals surface area contributed by atoms with Gasteiger partial charge in [0.25, 0.3) is 0 Å². The van der Waals surface area contributed by atoms with Crippen molar-refractivity contribution in [2.24, 2.45) is 0 Å². The van der Waals surface area contributed by atoms with Gasteiger partial charge in [0.2, 0.25) is 0 Å². The number of ketones is 1. The molecule has 0 aliphatic heterocycles. The summed E-state index contributed by atoms with van der Waals surface area (Å²) in [6.07, 6.45) is -1.44. The van der Waals surface area contributed by atoms with Crippen LogP contribution in [0.4, 0.5) is 0 Å². The molecule has 1 aromatic carbocycles. The van der Waals surface area contributed by atoms with Gasteiger partial charge in [0.05, 0.1) is 12.5 Å². The second-order valence-electron chi connectivity index (χ2n) is 5.94. The summed E-state index contributed by atoms with van der Waals surface area (Å²) in [5.41, 5.74) is -0.596. The second-order valence-corrected chi connectivity index (χ2v) is 5.94. The maximum atomic E-state index is 12.6. The van der Waals surface area contributed by atoms with Gasteiger partial charge in [-0.15, -0.1) is 0 Å². The van der Waals surface area contributed by atoms with Gasteiger partial charge in [-0.25, -0.2) is 4.79 Å². The van der Waals surface area contributed by atoms with Gasteiger partial charge in [-0.2, -0.15) is 0 Å². The normalized spacial score (nSPS) is 26.9. The Morgan fingerprint density at radius 3 is 2.46 bits per heavy atom. The van der Waals surface area contributed by atoms with Crippen LogP contribution in [0.2, 0.25) is 0 Å². The van der Waals surface area contributed by atoms with Gasteiger partial charge in [-0.1, -0.05) is 29.8 Å². The molecule has 0 heterocycles. The Hall–Kier alpha value is -2.28. The largest absolute Gasteiger partial charge is 0.461 e. The number of hydrogen-bond donors (Lipinski definition) is 0. The molecule has 1 saturated carbocycles. The minimum absolute atomic E-state index is 0.0133. The van der Waals surface area contributed by atoms with Crippen LogP contribution in [0.25, 0.3) is 0 Å². The summed E-state index contributed by atoms with van der Waals surface area (Å²) in [5, 5.41) is 12.0. The molecule has 2 rings (SSSR count). The number of Topliss-reactive ketones (excluding diaryl/α,β-unsaturated/α-hetero) is 1. The number of esters is 1. The molecule has 130 valence electrons. The molecule has 0 N–H and O–H groups in total. The average molecular weight is 335 g/mol. The van der Waals surface area contributed by atoms with Crippen LogP contribution in [-0.2, 0) is 19.1 Å². The maximum absolute atomic E-state index is 12.6. The molecule has 1 aromatic rings. The summed E-state index contributed by atoms with van der Waals surface area (Å²) in [6, 6.07) is 7.02. The van der Waals surface area contributed by atoms with Gasteiger partial charge in [-0.3, -0.25) is 14.9 Å². The van der Waals surface area contributed by atoms with Crippen molar-refractivity contribution < 1.29 is 24.0 Å². The van der Waals surface area contributed by atoms with Gasteiger partial charge < -0.3 is 9.47 Å². The third kappa shape index (κ3) is 2.91. The lowest BCUT2D eigenvalue weighted by atomic mass is 9.67. The van der Waals surface area contributed by atoms with Crippen LogP contribution in [0.15, 0.2) is 24.3 Å². The minimum Gasteiger partial charge on any atom is -0.461 e. The first-order chi connectivity index (χ1) is 11.4. The maximum Gasteiger partial charge on any atom is 0.388 e. The van der Waals surface area contributed by atoms with Crippen LogP contribution in [0, 0.1) is 17.0 Å². The summed E-state index contributed by atoms with van der Waals surface area (Å²) >= 11 is 0. The number of methoxy groups -OCH3 is 1. The molecule has 3 unspecified atom stereocenters. The zero-order valence-electron chi connectivity index (χ0n) is 14.0. The van der Waals surface area contributed by atoms with Crippen molar-refractivity contribution in [1.29, 1.82) is 0 Å². The first-order valence-electron chi connectivity index (χ1n) is 7.80. The van der Waals surface area contributed by atoms with Crippen LogP contribution in [0.5, 0.6) is 0 Å². The van der Waals surface area contributed by atoms with E-state index in [1.165, 1.54) is 7.11 Å². The Kier molecular flexibility index (Phi) is 5.33. The van der Waals surface area contributed by atoms with Crippen molar-refractivity contribution in [3.63, 3.8) is 0 Å². The smallest absolute Gasteiger partial charge is 0.388 e. The topological polar surface area (TPSA) is 95.7 Å². The molecule has 0 radical (unpaired) electrons. The van der Waals surface area contributed by atoms with Gasteiger partial charge >= 0.3 is 11.5 Å². The van der Waals surface area contributed by atoms with E-state index in [1.54, 1.807) is 31.2 Å². The van der Waals surface area contributed by atoms with Crippen LogP contribution < -0.4 is 0 Å². The summed E-state index contributed by atoms with van der Waals surface area (Å²) in [7, 11) is 1.27. The van der Waals surface area contributed by atoms with E-state index < -0.39 is 28.5 Å². The van der Waals surface area contributed by atoms with E-state index in [2.05, 4.69) is 0 Å². The zero-order chi connectivity index (χ0) is 17.9. The van der Waals surface area contributed by atoms with Crippen LogP contribution in [0.1, 0.15) is 36.8 Å². The lowest BCUT2D eigenvalue weighted by Gasteiger charge is -2.39. The molecule has 3 atom stereocenters. The van der Waals surface area contributed by atoms with Gasteiger partial charge in [0, 0.05) is 24.9 Å². The van der Waals surface area contributed by atoms with E-state index >= 15 is 0 Å². The van der Waals surface area contributed by atoms with Crippen molar-refractivity contribution in [1.82, 2.24) is 0 Å². The molecule has 0 aromatic heterocycles. The van der Waals surface area contributed by atoms with Crippen molar-refractivity contribution >= 4 is 11.8 Å². The number of carbonyl (C=O) groups is 2. The van der Waals surface area contributed by atoms with Gasteiger partial charge in [0.15, 0.2) is 0 Å². The quantitative estimate of drug-likeness (QED) is 0.464. The van der Waals surface area contributed by atoms with Crippen molar-refractivity contribution in [2.45, 2.75) is 44.2 Å². The summed E-state index contributed by atoms with van der Waals surface area (Å²) in [6.45, 7) is 3.49. The SMILES string of the molecule is CCOC(=O)C1([N+](=O)[O-])C(OC)CC(=O)CC1c1ccc(C)cc1. The van der Waals surface area contributed by atoms with Crippen molar-refractivity contribution in [3.8, 4) is 0 Å². The number of rotatable bonds is 5. The van der Waals surface area contributed by atoms with Crippen molar-refractivity contribution in [2.75, 3.05) is 13.7 Å². The molecule has 0 amide bonds. The Balaban J connectivity index is 2.64. The predicted molar refractivity (Wildman–Crippen MR) is 85.3 cm³/mol. The first kappa shape index (κ1) is 18.1. The summed E-state index contributed by atoms with van der Waals surface area (Å²) < 4.78 is 10.2. The molecule has 1 fully saturated rings. The Bertz CT molecular complexity index is 641. The lowest BCUT2D eigenvalue weighted by molar-refractivity contribution is -0.574. The fourth-order valence-electron chi connectivity index (χ4n) is 3.33. The third-order valence-electron chi connectivity index (χ3n) is 4.54. The highest BCUT2D eigenvalue weighted by molar-refractivity contribution is 5.89. The number of benzene rings is 1. The highest BCUT2D eigenvalue weighted by Crippen LogP contribution is 2.44. The van der Waals surface area contributed by atoms with E-state index in [-0.39, 0.29) is 25.2 Å². The van der Waals surface area contributed by atoms with Gasteiger partial charge in [-0.05, 0) is 19.4 Å². The minimum atomic E-state index is -2.13. The Labute approximate surface area is 140 Å². The Morgan fingerprint density at radius 1 is 1.33 bits per heavy atom. The number of carbonyl (C=O) groups excluding carboxylic acids is 2. The molecule has 1 aliphatic carbocycles. The molecule has 1 aliphatic rings. The van der Waals surface area contributed by atoms with Crippen LogP contribution >= 0.6 is 0 Å². The molecule has 0 saturated heterocycles. The number of ether oxygens (including phenoxy) is 2. The van der Waals surface area contributed by atoms with Crippen LogP contribution in [-0.4, -0.2) is 42.0 Å². The number of nitro groups is 1. The zero-order valence-corrected chi connectivity index (χ0v) is 14.0. The van der Waals surface area contributed by atoms with E-state index in [0.29, 0.717) is 5.56 Å². The summed E-state index contributed by atoms with van der Waals surface area (Å²) in [5.74, 6) is -2.06. The van der Waals surface area contributed by atoms with E-state index in [1.807, 2.05) is 6.92 Å². The number of nitrogens with zero attached hydrogens (tertiary/aromatic N) is 1. The van der Waals surface area contributed by atoms with Gasteiger partial charge in [0.1, 0.15) is 11.9 Å². The second kappa shape index (κ2) is 7.09. The third-order valence-corrected chi connectivity index (χ3v) is 4.54. The molecule has 0 spiro atoms. The number of hydrogen-bond acceptors (Lipinski definition) is 6. The first-order valence-corrected chi connectivity index (χ1v) is 7.80. The highest BCUT2D eigenvalue weighted by atomic mass is 16.6. The average Bonchev–Trinajstić information content (AvgIpc) is 2.54. The molecule has 0 bridgehead atoms. The molecule has 7 heteroatoms. The fraction of sp³-hybridized carbons (Fsp3) is 0.529.